The molecule has 2 rings (SSSR count). The molecule has 0 saturated heterocycles. The van der Waals surface area contributed by atoms with Crippen molar-refractivity contribution >= 4 is 17.3 Å². The van der Waals surface area contributed by atoms with Gasteiger partial charge in [-0.05, 0) is 26.0 Å². The third-order valence-electron chi connectivity index (χ3n) is 2.15. The van der Waals surface area contributed by atoms with Gasteiger partial charge in [0.15, 0.2) is 0 Å². The van der Waals surface area contributed by atoms with Crippen molar-refractivity contribution in [1.82, 2.24) is 0 Å². The number of nitrogens with two attached hydrogens (primary N) is 1. The lowest BCUT2D eigenvalue weighted by Crippen LogP contribution is -2.24. The molecule has 0 unspecified atom stereocenters. The van der Waals surface area contributed by atoms with Gasteiger partial charge in [-0.25, -0.2) is 0 Å². The molecule has 0 radical (unpaired) electrons. The average molecular weight is 198 g/mol. The van der Waals surface area contributed by atoms with Crippen LogP contribution >= 0.6 is 11.6 Å². The van der Waals surface area contributed by atoms with Gasteiger partial charge in [-0.3, -0.25) is 0 Å². The lowest BCUT2D eigenvalue weighted by atomic mass is 10.0. The van der Waals surface area contributed by atoms with Crippen molar-refractivity contribution in [1.29, 1.82) is 0 Å². The Hall–Kier alpha value is -0.890. The number of halogens is 1. The molecule has 0 fully saturated rings. The molecule has 2 nitrogen and oxygen atoms in total. The highest BCUT2D eigenvalue weighted by molar-refractivity contribution is 6.31. The van der Waals surface area contributed by atoms with Crippen LogP contribution in [0.15, 0.2) is 12.1 Å². The second-order valence-electron chi connectivity index (χ2n) is 4.02. The van der Waals surface area contributed by atoms with Crippen LogP contribution in [0.3, 0.4) is 0 Å². The maximum absolute atomic E-state index is 5.89. The summed E-state index contributed by atoms with van der Waals surface area (Å²) < 4.78 is 5.70. The molecule has 1 aromatic rings. The smallest absolute Gasteiger partial charge is 0.146 e. The molecule has 0 amide bonds. The molecule has 0 spiro atoms. The number of fused-ring (bicyclic) bond motifs is 1. The molecule has 0 bridgehead atoms. The lowest BCUT2D eigenvalue weighted by molar-refractivity contribution is 0.139. The normalized spacial score (nSPS) is 18.1. The van der Waals surface area contributed by atoms with Gasteiger partial charge in [0.1, 0.15) is 11.4 Å². The molecule has 0 aliphatic carbocycles. The molecule has 13 heavy (non-hydrogen) atoms. The van der Waals surface area contributed by atoms with Crippen LogP contribution < -0.4 is 10.5 Å². The van der Waals surface area contributed by atoms with E-state index in [0.29, 0.717) is 10.7 Å². The highest BCUT2D eigenvalue weighted by Crippen LogP contribution is 2.40. The molecule has 0 atom stereocenters. The molecule has 2 N–H and O–H groups in total. The van der Waals surface area contributed by atoms with Crippen molar-refractivity contribution < 1.29 is 4.74 Å². The monoisotopic (exact) mass is 197 g/mol. The first-order valence-corrected chi connectivity index (χ1v) is 4.63. The lowest BCUT2D eigenvalue weighted by Gasteiger charge is -2.17. The van der Waals surface area contributed by atoms with E-state index in [4.69, 9.17) is 22.1 Å². The molecule has 0 saturated carbocycles. The number of rotatable bonds is 0. The minimum atomic E-state index is -0.152. The second kappa shape index (κ2) is 2.55. The minimum Gasteiger partial charge on any atom is -0.485 e. The van der Waals surface area contributed by atoms with Crippen LogP contribution in [-0.4, -0.2) is 5.60 Å². The minimum absolute atomic E-state index is 0.152. The van der Waals surface area contributed by atoms with E-state index >= 15 is 0 Å². The van der Waals surface area contributed by atoms with Gasteiger partial charge in [0, 0.05) is 17.0 Å². The summed E-state index contributed by atoms with van der Waals surface area (Å²) >= 11 is 5.89. The molecule has 3 heteroatoms. The summed E-state index contributed by atoms with van der Waals surface area (Å²) in [6.07, 6.45) is 0.868. The van der Waals surface area contributed by atoms with Crippen LogP contribution in [0, 0.1) is 0 Å². The summed E-state index contributed by atoms with van der Waals surface area (Å²) in [5, 5.41) is 0.678. The van der Waals surface area contributed by atoms with Gasteiger partial charge in [-0.1, -0.05) is 11.6 Å². The maximum Gasteiger partial charge on any atom is 0.146 e. The summed E-state index contributed by atoms with van der Waals surface area (Å²) in [6, 6.07) is 3.64. The molecule has 1 heterocycles. The molecule has 0 aromatic heterocycles. The zero-order valence-electron chi connectivity index (χ0n) is 7.73. The van der Waals surface area contributed by atoms with Crippen molar-refractivity contribution in [3.05, 3.63) is 22.7 Å². The second-order valence-corrected chi connectivity index (χ2v) is 4.46. The molecule has 1 aliphatic rings. The predicted octanol–water partition coefficient (Wildman–Crippen LogP) is 2.64. The first kappa shape index (κ1) is 8.70. The number of benzene rings is 1. The van der Waals surface area contributed by atoms with Crippen molar-refractivity contribution in [2.24, 2.45) is 0 Å². The van der Waals surface area contributed by atoms with Crippen LogP contribution in [0.5, 0.6) is 5.75 Å². The van der Waals surface area contributed by atoms with Gasteiger partial charge in [-0.15, -0.1) is 0 Å². The van der Waals surface area contributed by atoms with Crippen LogP contribution in [0.1, 0.15) is 19.4 Å². The summed E-state index contributed by atoms with van der Waals surface area (Å²) in [7, 11) is 0. The Morgan fingerprint density at radius 2 is 2.15 bits per heavy atom. The fourth-order valence-corrected chi connectivity index (χ4v) is 1.95. The highest BCUT2D eigenvalue weighted by atomic mass is 35.5. The molecule has 1 aliphatic heterocycles. The molecular weight excluding hydrogens is 186 g/mol. The first-order valence-electron chi connectivity index (χ1n) is 4.25. The van der Waals surface area contributed by atoms with E-state index < -0.39 is 0 Å². The Kier molecular flexibility index (Phi) is 1.70. The zero-order chi connectivity index (χ0) is 9.64. The van der Waals surface area contributed by atoms with Gasteiger partial charge in [-0.2, -0.15) is 0 Å². The van der Waals surface area contributed by atoms with Gasteiger partial charge in [0.25, 0.3) is 0 Å². The van der Waals surface area contributed by atoms with Gasteiger partial charge >= 0.3 is 0 Å². The van der Waals surface area contributed by atoms with Gasteiger partial charge in [0.05, 0.1) is 5.69 Å². The van der Waals surface area contributed by atoms with E-state index in [0.717, 1.165) is 17.7 Å². The third kappa shape index (κ3) is 1.46. The van der Waals surface area contributed by atoms with Crippen molar-refractivity contribution in [2.75, 3.05) is 5.73 Å². The summed E-state index contributed by atoms with van der Waals surface area (Å²) in [5.74, 6) is 0.800. The van der Waals surface area contributed by atoms with Crippen LogP contribution in [0.25, 0.3) is 0 Å². The number of hydrogen-bond acceptors (Lipinski definition) is 2. The number of hydrogen-bond donors (Lipinski definition) is 1. The molecule has 1 aromatic carbocycles. The number of anilines is 1. The van der Waals surface area contributed by atoms with Gasteiger partial charge < -0.3 is 10.5 Å². The van der Waals surface area contributed by atoms with Crippen LogP contribution in [0.4, 0.5) is 5.69 Å². The summed E-state index contributed by atoms with van der Waals surface area (Å²) in [4.78, 5) is 0. The van der Waals surface area contributed by atoms with Crippen molar-refractivity contribution in [3.63, 3.8) is 0 Å². The SMILES string of the molecule is CC1(C)Cc2cc(Cl)cc(N)c2O1. The van der Waals surface area contributed by atoms with E-state index in [1.54, 1.807) is 6.07 Å². The first-order chi connectivity index (χ1) is 5.98. The maximum atomic E-state index is 5.89. The Labute approximate surface area is 82.6 Å². The van der Waals surface area contributed by atoms with E-state index in [1.165, 1.54) is 0 Å². The Morgan fingerprint density at radius 1 is 1.46 bits per heavy atom. The fraction of sp³-hybridized carbons (Fsp3) is 0.400. The summed E-state index contributed by atoms with van der Waals surface area (Å²) in [5.41, 5.74) is 7.37. The van der Waals surface area contributed by atoms with E-state index in [2.05, 4.69) is 0 Å². The van der Waals surface area contributed by atoms with E-state index in [1.807, 2.05) is 19.9 Å². The average Bonchev–Trinajstić information content (AvgIpc) is 2.23. The number of nitrogen functional groups attached to an aromatic ring is 1. The largest absolute Gasteiger partial charge is 0.485 e. The van der Waals surface area contributed by atoms with Crippen LogP contribution in [0.2, 0.25) is 5.02 Å². The summed E-state index contributed by atoms with van der Waals surface area (Å²) in [6.45, 7) is 4.08. The molecular formula is C10H12ClNO. The third-order valence-corrected chi connectivity index (χ3v) is 2.37. The van der Waals surface area contributed by atoms with E-state index in [9.17, 15) is 0 Å². The Morgan fingerprint density at radius 3 is 2.85 bits per heavy atom. The molecule has 70 valence electrons. The van der Waals surface area contributed by atoms with Crippen molar-refractivity contribution in [3.8, 4) is 5.75 Å². The Balaban J connectivity index is 2.52. The highest BCUT2D eigenvalue weighted by Gasteiger charge is 2.31. The number of ether oxygens (including phenoxy) is 1. The zero-order valence-corrected chi connectivity index (χ0v) is 8.48. The fourth-order valence-electron chi connectivity index (χ4n) is 1.70. The van der Waals surface area contributed by atoms with E-state index in [-0.39, 0.29) is 5.60 Å². The Bertz CT molecular complexity index is 360. The van der Waals surface area contributed by atoms with Crippen molar-refractivity contribution in [2.45, 2.75) is 25.9 Å². The quantitative estimate of drug-likeness (QED) is 0.649. The predicted molar refractivity (Wildman–Crippen MR) is 54.3 cm³/mol. The van der Waals surface area contributed by atoms with Crippen LogP contribution in [-0.2, 0) is 6.42 Å². The topological polar surface area (TPSA) is 35.2 Å². The van der Waals surface area contributed by atoms with Gasteiger partial charge in [0.2, 0.25) is 0 Å². The standard InChI is InChI=1S/C10H12ClNO/c1-10(2)5-6-3-7(11)4-8(12)9(6)13-10/h3-4H,5,12H2,1-2H3.